The van der Waals surface area contributed by atoms with Gasteiger partial charge >= 0.3 is 5.97 Å². The topological polar surface area (TPSA) is 93.1 Å². The monoisotopic (exact) mass is 344 g/mol. The van der Waals surface area contributed by atoms with Gasteiger partial charge in [-0.15, -0.1) is 0 Å². The molecular weight excluding hydrogens is 324 g/mol. The fourth-order valence-electron chi connectivity index (χ4n) is 2.25. The Labute approximate surface area is 145 Å². The van der Waals surface area contributed by atoms with E-state index in [1.807, 2.05) is 0 Å². The number of carbonyl (C=O) groups is 2. The van der Waals surface area contributed by atoms with Gasteiger partial charge in [-0.2, -0.15) is 0 Å². The first-order valence-corrected chi connectivity index (χ1v) is 7.72. The average Bonchev–Trinajstić information content (AvgIpc) is 2.58. The summed E-state index contributed by atoms with van der Waals surface area (Å²) in [5, 5.41) is 20.4. The molecule has 6 nitrogen and oxygen atoms in total. The Morgan fingerprint density at radius 1 is 1.20 bits per heavy atom. The van der Waals surface area contributed by atoms with Gasteiger partial charge in [-0.3, -0.25) is 4.79 Å². The third kappa shape index (κ3) is 4.89. The van der Waals surface area contributed by atoms with Gasteiger partial charge in [-0.1, -0.05) is 43.0 Å². The summed E-state index contributed by atoms with van der Waals surface area (Å²) < 4.78 is 10.2. The van der Waals surface area contributed by atoms with E-state index in [0.717, 1.165) is 6.08 Å². The molecule has 1 aliphatic carbocycles. The van der Waals surface area contributed by atoms with Crippen LogP contribution in [0.4, 0.5) is 0 Å². The van der Waals surface area contributed by atoms with Crippen molar-refractivity contribution in [3.63, 3.8) is 0 Å². The van der Waals surface area contributed by atoms with Gasteiger partial charge in [-0.05, 0) is 13.0 Å². The van der Waals surface area contributed by atoms with Gasteiger partial charge in [-0.25, -0.2) is 4.79 Å². The van der Waals surface area contributed by atoms with Crippen molar-refractivity contribution in [3.8, 4) is 0 Å². The molecule has 0 bridgehead atoms. The summed E-state index contributed by atoms with van der Waals surface area (Å²) in [6, 6.07) is 8.39. The van der Waals surface area contributed by atoms with Crippen molar-refractivity contribution in [3.05, 3.63) is 72.0 Å². The smallest absolute Gasteiger partial charge is 0.333 e. The number of carbonyl (C=O) groups excluding carboxylic acids is 2. The highest BCUT2D eigenvalue weighted by Crippen LogP contribution is 2.28. The molecule has 0 heterocycles. The lowest BCUT2D eigenvalue weighted by Gasteiger charge is -2.28. The van der Waals surface area contributed by atoms with Crippen molar-refractivity contribution in [1.29, 1.82) is 0 Å². The third-order valence-electron chi connectivity index (χ3n) is 3.54. The number of Topliss-reactive ketones (excluding diaryl/α,β-unsaturated/α-hetero) is 1. The number of ketones is 1. The van der Waals surface area contributed by atoms with E-state index in [9.17, 15) is 19.8 Å². The molecule has 2 rings (SSSR count). The van der Waals surface area contributed by atoms with Crippen LogP contribution in [0.2, 0.25) is 0 Å². The minimum atomic E-state index is -2.37. The minimum Gasteiger partial charge on any atom is -0.490 e. The molecule has 0 saturated heterocycles. The summed E-state index contributed by atoms with van der Waals surface area (Å²) in [5.74, 6) is -4.26. The zero-order valence-corrected chi connectivity index (χ0v) is 13.8. The van der Waals surface area contributed by atoms with Crippen molar-refractivity contribution < 1.29 is 29.3 Å². The molecule has 0 spiro atoms. The second kappa shape index (κ2) is 7.92. The lowest BCUT2D eigenvalue weighted by atomic mass is 9.86. The molecule has 0 radical (unpaired) electrons. The van der Waals surface area contributed by atoms with Gasteiger partial charge in [0.05, 0.1) is 5.92 Å². The fraction of sp³-hybridized carbons (Fsp3) is 0.263. The number of allylic oxidation sites excluding steroid dienone is 1. The predicted octanol–water partition coefficient (Wildman–Crippen LogP) is 1.76. The van der Waals surface area contributed by atoms with Crippen LogP contribution in [0.5, 0.6) is 0 Å². The standard InChI is InChI=1S/C19H20O6/c1-13(2)18(21)25-11-10-24-15-8-9-16(19(22,23)12-15)17(20)14-6-4-3-5-7-14/h3-9,12,16,22-23H,1,10-11H2,2H3. The van der Waals surface area contributed by atoms with Gasteiger partial charge in [0.25, 0.3) is 0 Å². The van der Waals surface area contributed by atoms with Crippen LogP contribution in [-0.2, 0) is 14.3 Å². The highest BCUT2D eigenvalue weighted by atomic mass is 16.6. The molecule has 1 aromatic rings. The van der Waals surface area contributed by atoms with Crippen LogP contribution in [0.25, 0.3) is 0 Å². The zero-order valence-electron chi connectivity index (χ0n) is 13.8. The maximum Gasteiger partial charge on any atom is 0.333 e. The summed E-state index contributed by atoms with van der Waals surface area (Å²) >= 11 is 0. The molecule has 0 amide bonds. The molecule has 0 fully saturated rings. The number of rotatable bonds is 7. The molecule has 0 aromatic heterocycles. The van der Waals surface area contributed by atoms with E-state index in [1.165, 1.54) is 19.1 Å². The van der Waals surface area contributed by atoms with Gasteiger partial charge in [0, 0.05) is 17.2 Å². The summed E-state index contributed by atoms with van der Waals surface area (Å²) in [6.07, 6.45) is 3.92. The molecule has 0 aliphatic heterocycles. The van der Waals surface area contributed by atoms with Crippen molar-refractivity contribution in [1.82, 2.24) is 0 Å². The van der Waals surface area contributed by atoms with Crippen molar-refractivity contribution in [2.75, 3.05) is 13.2 Å². The number of hydrogen-bond donors (Lipinski definition) is 2. The molecule has 2 N–H and O–H groups in total. The first kappa shape index (κ1) is 18.6. The second-order valence-electron chi connectivity index (χ2n) is 5.66. The molecule has 132 valence electrons. The lowest BCUT2D eigenvalue weighted by Crippen LogP contribution is -2.41. The Bertz CT molecular complexity index is 715. The second-order valence-corrected chi connectivity index (χ2v) is 5.66. The Morgan fingerprint density at radius 3 is 2.48 bits per heavy atom. The highest BCUT2D eigenvalue weighted by Gasteiger charge is 2.39. The Kier molecular flexibility index (Phi) is 5.90. The Balaban J connectivity index is 1.95. The van der Waals surface area contributed by atoms with E-state index in [2.05, 4.69) is 6.58 Å². The average molecular weight is 344 g/mol. The summed E-state index contributed by atoms with van der Waals surface area (Å²) in [4.78, 5) is 23.6. The van der Waals surface area contributed by atoms with Crippen molar-refractivity contribution >= 4 is 11.8 Å². The molecule has 1 aromatic carbocycles. The Morgan fingerprint density at radius 2 is 1.88 bits per heavy atom. The van der Waals surface area contributed by atoms with Crippen LogP contribution in [0.3, 0.4) is 0 Å². The first-order valence-electron chi connectivity index (χ1n) is 7.72. The fourth-order valence-corrected chi connectivity index (χ4v) is 2.25. The third-order valence-corrected chi connectivity index (χ3v) is 3.54. The van der Waals surface area contributed by atoms with Crippen molar-refractivity contribution in [2.24, 2.45) is 5.92 Å². The quantitative estimate of drug-likeness (QED) is 0.257. The van der Waals surface area contributed by atoms with Crippen LogP contribution in [0.15, 0.2) is 66.5 Å². The lowest BCUT2D eigenvalue weighted by molar-refractivity contribution is -0.142. The normalized spacial score (nSPS) is 18.2. The molecule has 0 saturated carbocycles. The number of aliphatic hydroxyl groups is 2. The van der Waals surface area contributed by atoms with E-state index < -0.39 is 23.5 Å². The Hall–Kier alpha value is -2.70. The molecule has 1 aliphatic rings. The molecule has 6 heteroatoms. The first-order chi connectivity index (χ1) is 11.8. The number of esters is 1. The molecule has 1 unspecified atom stereocenters. The van der Waals surface area contributed by atoms with Gasteiger partial charge in [0.1, 0.15) is 19.0 Å². The van der Waals surface area contributed by atoms with Gasteiger partial charge < -0.3 is 19.7 Å². The highest BCUT2D eigenvalue weighted by molar-refractivity contribution is 5.99. The maximum atomic E-state index is 12.4. The van der Waals surface area contributed by atoms with E-state index in [-0.39, 0.29) is 24.5 Å². The van der Waals surface area contributed by atoms with Crippen LogP contribution >= 0.6 is 0 Å². The van der Waals surface area contributed by atoms with Crippen LogP contribution < -0.4 is 0 Å². The number of benzene rings is 1. The summed E-state index contributed by atoms with van der Waals surface area (Å²) in [5.41, 5.74) is 0.665. The largest absolute Gasteiger partial charge is 0.490 e. The number of ether oxygens (including phenoxy) is 2. The minimum absolute atomic E-state index is 0.00684. The van der Waals surface area contributed by atoms with Crippen LogP contribution in [0, 0.1) is 5.92 Å². The number of hydrogen-bond acceptors (Lipinski definition) is 6. The van der Waals surface area contributed by atoms with E-state index in [1.54, 1.807) is 30.3 Å². The van der Waals surface area contributed by atoms with Gasteiger partial charge in [0.15, 0.2) is 5.78 Å². The van der Waals surface area contributed by atoms with E-state index in [0.29, 0.717) is 5.56 Å². The molecule has 25 heavy (non-hydrogen) atoms. The molecular formula is C19H20O6. The SMILES string of the molecule is C=C(C)C(=O)OCCOC1=CC(O)(O)C(C(=O)c2ccccc2)C=C1. The van der Waals surface area contributed by atoms with Crippen molar-refractivity contribution in [2.45, 2.75) is 12.7 Å². The maximum absolute atomic E-state index is 12.4. The predicted molar refractivity (Wildman–Crippen MR) is 90.4 cm³/mol. The van der Waals surface area contributed by atoms with E-state index >= 15 is 0 Å². The van der Waals surface area contributed by atoms with Crippen LogP contribution in [-0.4, -0.2) is 41.0 Å². The summed E-state index contributed by atoms with van der Waals surface area (Å²) in [6.45, 7) is 5.01. The van der Waals surface area contributed by atoms with Crippen LogP contribution in [0.1, 0.15) is 17.3 Å². The van der Waals surface area contributed by atoms with Gasteiger partial charge in [0.2, 0.25) is 5.79 Å². The summed E-state index contributed by atoms with van der Waals surface area (Å²) in [7, 11) is 0. The zero-order chi connectivity index (χ0) is 18.4. The van der Waals surface area contributed by atoms with E-state index in [4.69, 9.17) is 9.47 Å². The molecule has 1 atom stereocenters.